The highest BCUT2D eigenvalue weighted by Gasteiger charge is 2.16. The van der Waals surface area contributed by atoms with Crippen LogP contribution >= 0.6 is 11.6 Å². The quantitative estimate of drug-likeness (QED) is 0.871. The summed E-state index contributed by atoms with van der Waals surface area (Å²) in [5.74, 6) is 0. The van der Waals surface area contributed by atoms with Crippen molar-refractivity contribution >= 4 is 23.0 Å². The third-order valence-electron chi connectivity index (χ3n) is 3.49. The molecular formula is C16H14ClN3. The minimum atomic E-state index is 0.500. The molecule has 0 fully saturated rings. The summed E-state index contributed by atoms with van der Waals surface area (Å²) in [6.45, 7) is 2.65. The van der Waals surface area contributed by atoms with E-state index in [0.717, 1.165) is 25.3 Å². The molecule has 2 aromatic rings. The summed E-state index contributed by atoms with van der Waals surface area (Å²) < 4.78 is 0. The third-order valence-corrected chi connectivity index (χ3v) is 3.81. The van der Waals surface area contributed by atoms with Gasteiger partial charge in [0.2, 0.25) is 0 Å². The molecule has 0 unspecified atom stereocenters. The number of rotatable bonds is 1. The van der Waals surface area contributed by atoms with Crippen LogP contribution in [0.5, 0.6) is 0 Å². The standard InChI is InChI=1S/C16H14ClN3/c17-15-9-14(6-5-12(15)10-18)20-8-7-19-11-13-3-1-2-4-16(13)20/h1-6,9,19H,7-8,11H2. The molecule has 0 aliphatic carbocycles. The van der Waals surface area contributed by atoms with Crippen molar-refractivity contribution in [1.29, 1.82) is 5.26 Å². The van der Waals surface area contributed by atoms with Crippen molar-refractivity contribution in [3.63, 3.8) is 0 Å². The minimum absolute atomic E-state index is 0.500. The van der Waals surface area contributed by atoms with Crippen molar-refractivity contribution in [3.8, 4) is 6.07 Å². The van der Waals surface area contributed by atoms with E-state index in [2.05, 4.69) is 34.5 Å². The second kappa shape index (κ2) is 5.54. The Morgan fingerprint density at radius 2 is 2.05 bits per heavy atom. The summed E-state index contributed by atoms with van der Waals surface area (Å²) in [4.78, 5) is 2.24. The molecule has 100 valence electrons. The summed E-state index contributed by atoms with van der Waals surface area (Å²) in [5, 5.41) is 12.9. The van der Waals surface area contributed by atoms with Gasteiger partial charge >= 0.3 is 0 Å². The van der Waals surface area contributed by atoms with E-state index in [9.17, 15) is 0 Å². The number of fused-ring (bicyclic) bond motifs is 1. The molecule has 0 bridgehead atoms. The highest BCUT2D eigenvalue weighted by molar-refractivity contribution is 6.32. The number of nitrogens with one attached hydrogen (secondary N) is 1. The SMILES string of the molecule is N#Cc1ccc(N2CCNCc3ccccc32)cc1Cl. The van der Waals surface area contributed by atoms with Crippen LogP contribution in [0.2, 0.25) is 5.02 Å². The molecule has 1 N–H and O–H groups in total. The molecule has 4 heteroatoms. The van der Waals surface area contributed by atoms with Crippen LogP contribution in [0.25, 0.3) is 0 Å². The predicted molar refractivity (Wildman–Crippen MR) is 81.3 cm³/mol. The number of hydrogen-bond donors (Lipinski definition) is 1. The number of halogens is 1. The van der Waals surface area contributed by atoms with E-state index in [-0.39, 0.29) is 0 Å². The molecule has 3 rings (SSSR count). The Labute approximate surface area is 123 Å². The fourth-order valence-corrected chi connectivity index (χ4v) is 2.71. The molecule has 20 heavy (non-hydrogen) atoms. The van der Waals surface area contributed by atoms with Gasteiger partial charge in [0.25, 0.3) is 0 Å². The Balaban J connectivity index is 2.06. The van der Waals surface area contributed by atoms with E-state index in [0.29, 0.717) is 10.6 Å². The average Bonchev–Trinajstić information content (AvgIpc) is 2.69. The monoisotopic (exact) mass is 283 g/mol. The van der Waals surface area contributed by atoms with E-state index < -0.39 is 0 Å². The van der Waals surface area contributed by atoms with Gasteiger partial charge < -0.3 is 10.2 Å². The number of nitriles is 1. The molecule has 3 nitrogen and oxygen atoms in total. The van der Waals surface area contributed by atoms with E-state index >= 15 is 0 Å². The predicted octanol–water partition coefficient (Wildman–Crippen LogP) is 3.45. The smallest absolute Gasteiger partial charge is 0.101 e. The van der Waals surface area contributed by atoms with E-state index in [1.54, 1.807) is 6.07 Å². The largest absolute Gasteiger partial charge is 0.340 e. The molecule has 0 spiro atoms. The lowest BCUT2D eigenvalue weighted by molar-refractivity contribution is 0.712. The van der Waals surface area contributed by atoms with Gasteiger partial charge in [-0.15, -0.1) is 0 Å². The lowest BCUT2D eigenvalue weighted by Crippen LogP contribution is -2.24. The van der Waals surface area contributed by atoms with Crippen molar-refractivity contribution in [2.45, 2.75) is 6.54 Å². The number of para-hydroxylation sites is 1. The number of hydrogen-bond acceptors (Lipinski definition) is 3. The van der Waals surface area contributed by atoms with Crippen LogP contribution < -0.4 is 10.2 Å². The Morgan fingerprint density at radius 1 is 1.20 bits per heavy atom. The first kappa shape index (κ1) is 13.0. The minimum Gasteiger partial charge on any atom is -0.340 e. The van der Waals surface area contributed by atoms with Crippen molar-refractivity contribution in [3.05, 3.63) is 58.6 Å². The van der Waals surface area contributed by atoms with Crippen LogP contribution in [-0.2, 0) is 6.54 Å². The van der Waals surface area contributed by atoms with Gasteiger partial charge in [0.1, 0.15) is 6.07 Å². The van der Waals surface area contributed by atoms with Gasteiger partial charge in [-0.1, -0.05) is 29.8 Å². The van der Waals surface area contributed by atoms with Crippen LogP contribution in [-0.4, -0.2) is 13.1 Å². The van der Waals surface area contributed by atoms with Crippen LogP contribution in [0, 0.1) is 11.3 Å². The molecule has 1 heterocycles. The molecule has 0 radical (unpaired) electrons. The Hall–Kier alpha value is -2.02. The molecule has 0 saturated carbocycles. The number of anilines is 2. The summed E-state index contributed by atoms with van der Waals surface area (Å²) in [6, 6.07) is 16.0. The molecular weight excluding hydrogens is 270 g/mol. The maximum absolute atomic E-state index is 8.96. The van der Waals surface area contributed by atoms with Crippen molar-refractivity contribution in [2.24, 2.45) is 0 Å². The molecule has 1 aliphatic heterocycles. The van der Waals surface area contributed by atoms with E-state index in [1.165, 1.54) is 11.3 Å². The molecule has 0 amide bonds. The third kappa shape index (κ3) is 2.36. The van der Waals surface area contributed by atoms with Gasteiger partial charge in [-0.25, -0.2) is 0 Å². The zero-order valence-corrected chi connectivity index (χ0v) is 11.7. The summed E-state index contributed by atoms with van der Waals surface area (Å²) in [7, 11) is 0. The zero-order chi connectivity index (χ0) is 13.9. The van der Waals surface area contributed by atoms with Crippen molar-refractivity contribution in [2.75, 3.05) is 18.0 Å². The first-order chi connectivity index (χ1) is 9.79. The maximum atomic E-state index is 8.96. The zero-order valence-electron chi connectivity index (χ0n) is 10.9. The highest BCUT2D eigenvalue weighted by Crippen LogP contribution is 2.32. The number of benzene rings is 2. The van der Waals surface area contributed by atoms with E-state index in [1.807, 2.05) is 18.2 Å². The van der Waals surface area contributed by atoms with Crippen molar-refractivity contribution < 1.29 is 0 Å². The second-order valence-electron chi connectivity index (χ2n) is 4.73. The first-order valence-corrected chi connectivity index (χ1v) is 6.93. The average molecular weight is 284 g/mol. The van der Waals surface area contributed by atoms with Crippen LogP contribution in [0.3, 0.4) is 0 Å². The Bertz CT molecular complexity index is 676. The van der Waals surface area contributed by atoms with Crippen LogP contribution in [0.4, 0.5) is 11.4 Å². The molecule has 2 aromatic carbocycles. The molecule has 0 atom stereocenters. The topological polar surface area (TPSA) is 39.1 Å². The van der Waals surface area contributed by atoms with Gasteiger partial charge in [-0.3, -0.25) is 0 Å². The van der Waals surface area contributed by atoms with Gasteiger partial charge in [-0.2, -0.15) is 5.26 Å². The number of nitrogens with zero attached hydrogens (tertiary/aromatic N) is 2. The maximum Gasteiger partial charge on any atom is 0.101 e. The molecule has 0 saturated heterocycles. The Morgan fingerprint density at radius 3 is 2.85 bits per heavy atom. The Kier molecular flexibility index (Phi) is 3.60. The summed E-state index contributed by atoms with van der Waals surface area (Å²) in [5.41, 5.74) is 3.99. The lowest BCUT2D eigenvalue weighted by atomic mass is 10.1. The van der Waals surface area contributed by atoms with Crippen LogP contribution in [0.15, 0.2) is 42.5 Å². The normalized spacial score (nSPS) is 14.3. The van der Waals surface area contributed by atoms with E-state index in [4.69, 9.17) is 16.9 Å². The van der Waals surface area contributed by atoms with Gasteiger partial charge in [0.15, 0.2) is 0 Å². The fourth-order valence-electron chi connectivity index (χ4n) is 2.49. The lowest BCUT2D eigenvalue weighted by Gasteiger charge is -2.25. The first-order valence-electron chi connectivity index (χ1n) is 6.55. The highest BCUT2D eigenvalue weighted by atomic mass is 35.5. The van der Waals surface area contributed by atoms with Crippen LogP contribution in [0.1, 0.15) is 11.1 Å². The second-order valence-corrected chi connectivity index (χ2v) is 5.14. The fraction of sp³-hybridized carbons (Fsp3) is 0.188. The molecule has 0 aromatic heterocycles. The van der Waals surface area contributed by atoms with Crippen molar-refractivity contribution in [1.82, 2.24) is 5.32 Å². The summed E-state index contributed by atoms with van der Waals surface area (Å²) in [6.07, 6.45) is 0. The summed E-state index contributed by atoms with van der Waals surface area (Å²) >= 11 is 6.15. The van der Waals surface area contributed by atoms with Gasteiger partial charge in [0.05, 0.1) is 10.6 Å². The van der Waals surface area contributed by atoms with Gasteiger partial charge in [0, 0.05) is 31.0 Å². The van der Waals surface area contributed by atoms with Gasteiger partial charge in [-0.05, 0) is 29.8 Å². The molecule has 1 aliphatic rings.